The summed E-state index contributed by atoms with van der Waals surface area (Å²) in [5.41, 5.74) is 0. The van der Waals surface area contributed by atoms with Crippen LogP contribution in [0.3, 0.4) is 0 Å². The molecule has 0 rings (SSSR count). The molecule has 0 aromatic rings. The number of hydrogen-bond acceptors (Lipinski definition) is 5. The number of carbonyl (C=O) groups is 3. The number of hydrogen-bond donors (Lipinski definition) is 0. The molecule has 0 aliphatic carbocycles. The summed E-state index contributed by atoms with van der Waals surface area (Å²) in [6.07, 6.45) is 0.561. The summed E-state index contributed by atoms with van der Waals surface area (Å²) in [7, 11) is 0. The largest absolute Gasteiger partial charge is 0.422 e. The van der Waals surface area contributed by atoms with E-state index in [0.717, 1.165) is 0 Å². The predicted molar refractivity (Wildman–Crippen MR) is 47.2 cm³/mol. The van der Waals surface area contributed by atoms with Crippen LogP contribution in [0.15, 0.2) is 0 Å². The van der Waals surface area contributed by atoms with Crippen LogP contribution in [0.5, 0.6) is 0 Å². The van der Waals surface area contributed by atoms with E-state index in [1.807, 2.05) is 0 Å². The second-order valence-corrected chi connectivity index (χ2v) is 3.13. The van der Waals surface area contributed by atoms with Gasteiger partial charge in [0.05, 0.1) is 5.92 Å². The quantitative estimate of drug-likeness (QED) is 0.380. The molecule has 1 unspecified atom stereocenters. The van der Waals surface area contributed by atoms with Gasteiger partial charge in [-0.1, -0.05) is 0 Å². The van der Waals surface area contributed by atoms with Gasteiger partial charge in [-0.3, -0.25) is 9.59 Å². The summed E-state index contributed by atoms with van der Waals surface area (Å²) in [6.45, 7) is 5.23. The minimum atomic E-state index is -1.51. The van der Waals surface area contributed by atoms with Gasteiger partial charge in [-0.2, -0.15) is 0 Å². The first kappa shape index (κ1) is 12.6. The highest BCUT2D eigenvalue weighted by atomic mass is 16.7. The van der Waals surface area contributed by atoms with Gasteiger partial charge in [0.25, 0.3) is 5.79 Å². The third-order valence-electron chi connectivity index (χ3n) is 1.72. The van der Waals surface area contributed by atoms with Crippen molar-refractivity contribution < 1.29 is 23.9 Å². The van der Waals surface area contributed by atoms with E-state index in [4.69, 9.17) is 9.47 Å². The molecule has 0 spiro atoms. The van der Waals surface area contributed by atoms with Gasteiger partial charge in [0, 0.05) is 20.8 Å². The average Bonchev–Trinajstić information content (AvgIpc) is 1.99. The molecule has 80 valence electrons. The van der Waals surface area contributed by atoms with Crippen LogP contribution < -0.4 is 0 Å². The lowest BCUT2D eigenvalue weighted by Gasteiger charge is -2.30. The van der Waals surface area contributed by atoms with Crippen molar-refractivity contribution in [2.45, 2.75) is 33.5 Å². The molecular formula is C9H14O5. The number of aldehydes is 1. The SMILES string of the molecule is CC(=O)OC(C)(OC(C)=O)C(C)C=O. The van der Waals surface area contributed by atoms with Gasteiger partial charge in [-0.25, -0.2) is 0 Å². The average molecular weight is 202 g/mol. The maximum absolute atomic E-state index is 10.7. The molecule has 0 saturated carbocycles. The lowest BCUT2D eigenvalue weighted by atomic mass is 10.0. The third kappa shape index (κ3) is 3.55. The maximum atomic E-state index is 10.7. The fourth-order valence-corrected chi connectivity index (χ4v) is 0.901. The van der Waals surface area contributed by atoms with Crippen LogP contribution in [-0.2, 0) is 23.9 Å². The number of esters is 2. The summed E-state index contributed by atoms with van der Waals surface area (Å²) in [5.74, 6) is -3.44. The fourth-order valence-electron chi connectivity index (χ4n) is 0.901. The van der Waals surface area contributed by atoms with Crippen LogP contribution in [0.1, 0.15) is 27.7 Å². The molecule has 0 aliphatic rings. The number of ether oxygens (including phenoxy) is 2. The van der Waals surface area contributed by atoms with E-state index >= 15 is 0 Å². The van der Waals surface area contributed by atoms with E-state index < -0.39 is 23.6 Å². The van der Waals surface area contributed by atoms with Gasteiger partial charge in [0.2, 0.25) is 0 Å². The van der Waals surface area contributed by atoms with E-state index in [0.29, 0.717) is 6.29 Å². The Labute approximate surface area is 82.4 Å². The molecular weight excluding hydrogens is 188 g/mol. The molecule has 1 atom stereocenters. The Morgan fingerprint density at radius 3 is 1.79 bits per heavy atom. The van der Waals surface area contributed by atoms with Crippen molar-refractivity contribution in [3.05, 3.63) is 0 Å². The summed E-state index contributed by atoms with van der Waals surface area (Å²) in [4.78, 5) is 32.0. The summed E-state index contributed by atoms with van der Waals surface area (Å²) >= 11 is 0. The Kier molecular flexibility index (Phi) is 4.27. The van der Waals surface area contributed by atoms with Gasteiger partial charge in [-0.05, 0) is 6.92 Å². The lowest BCUT2D eigenvalue weighted by molar-refractivity contribution is -0.232. The molecule has 0 saturated heterocycles. The lowest BCUT2D eigenvalue weighted by Crippen LogP contribution is -2.42. The highest BCUT2D eigenvalue weighted by Crippen LogP contribution is 2.22. The third-order valence-corrected chi connectivity index (χ3v) is 1.72. The van der Waals surface area contributed by atoms with Gasteiger partial charge >= 0.3 is 11.9 Å². The zero-order valence-corrected chi connectivity index (χ0v) is 8.70. The molecule has 0 heterocycles. The van der Waals surface area contributed by atoms with Crippen molar-refractivity contribution >= 4 is 18.2 Å². The molecule has 0 amide bonds. The summed E-state index contributed by atoms with van der Waals surface area (Å²) < 4.78 is 9.58. The van der Waals surface area contributed by atoms with E-state index in [9.17, 15) is 14.4 Å². The molecule has 0 N–H and O–H groups in total. The maximum Gasteiger partial charge on any atom is 0.305 e. The first-order valence-electron chi connectivity index (χ1n) is 4.16. The Morgan fingerprint density at radius 2 is 1.57 bits per heavy atom. The highest BCUT2D eigenvalue weighted by Gasteiger charge is 2.37. The van der Waals surface area contributed by atoms with Crippen LogP contribution in [0.25, 0.3) is 0 Å². The van der Waals surface area contributed by atoms with Crippen LogP contribution in [0, 0.1) is 5.92 Å². The van der Waals surface area contributed by atoms with Gasteiger partial charge in [-0.15, -0.1) is 0 Å². The molecule has 0 bridgehead atoms. The zero-order valence-electron chi connectivity index (χ0n) is 8.70. The smallest absolute Gasteiger partial charge is 0.305 e. The van der Waals surface area contributed by atoms with Crippen LogP contribution >= 0.6 is 0 Å². The van der Waals surface area contributed by atoms with E-state index in [1.54, 1.807) is 0 Å². The number of carbonyl (C=O) groups excluding carboxylic acids is 3. The summed E-state index contributed by atoms with van der Waals surface area (Å²) in [5, 5.41) is 0. The normalized spacial score (nSPS) is 12.9. The molecule has 0 aromatic carbocycles. The molecule has 5 heteroatoms. The standard InChI is InChI=1S/C9H14O5/c1-6(5-10)9(4,13-7(2)11)14-8(3)12/h5-6H,1-4H3. The predicted octanol–water partition coefficient (Wildman–Crippen LogP) is 0.664. The van der Waals surface area contributed by atoms with Crippen molar-refractivity contribution in [3.63, 3.8) is 0 Å². The fraction of sp³-hybridized carbons (Fsp3) is 0.667. The second kappa shape index (κ2) is 4.74. The Hall–Kier alpha value is -1.39. The van der Waals surface area contributed by atoms with Crippen molar-refractivity contribution in [2.75, 3.05) is 0 Å². The highest BCUT2D eigenvalue weighted by molar-refractivity contribution is 5.70. The van der Waals surface area contributed by atoms with E-state index in [-0.39, 0.29) is 0 Å². The monoisotopic (exact) mass is 202 g/mol. The molecule has 5 nitrogen and oxygen atoms in total. The topological polar surface area (TPSA) is 69.7 Å². The molecule has 0 radical (unpaired) electrons. The molecule has 0 aromatic heterocycles. The van der Waals surface area contributed by atoms with Crippen LogP contribution in [0.2, 0.25) is 0 Å². The summed E-state index contributed by atoms with van der Waals surface area (Å²) in [6, 6.07) is 0. The van der Waals surface area contributed by atoms with E-state index in [1.165, 1.54) is 27.7 Å². The number of rotatable bonds is 4. The van der Waals surface area contributed by atoms with Crippen LogP contribution in [0.4, 0.5) is 0 Å². The minimum Gasteiger partial charge on any atom is -0.422 e. The Morgan fingerprint density at radius 1 is 1.21 bits per heavy atom. The van der Waals surface area contributed by atoms with Gasteiger partial charge < -0.3 is 14.3 Å². The van der Waals surface area contributed by atoms with Gasteiger partial charge in [0.15, 0.2) is 0 Å². The van der Waals surface area contributed by atoms with Crippen molar-refractivity contribution in [1.82, 2.24) is 0 Å². The Balaban J connectivity index is 4.73. The van der Waals surface area contributed by atoms with Gasteiger partial charge in [0.1, 0.15) is 6.29 Å². The molecule has 0 fully saturated rings. The van der Waals surface area contributed by atoms with Crippen molar-refractivity contribution in [1.29, 1.82) is 0 Å². The molecule has 14 heavy (non-hydrogen) atoms. The first-order chi connectivity index (χ1) is 6.31. The zero-order chi connectivity index (χ0) is 11.4. The second-order valence-electron chi connectivity index (χ2n) is 3.13. The van der Waals surface area contributed by atoms with E-state index in [2.05, 4.69) is 0 Å². The van der Waals surface area contributed by atoms with Crippen molar-refractivity contribution in [2.24, 2.45) is 5.92 Å². The van der Waals surface area contributed by atoms with Crippen molar-refractivity contribution in [3.8, 4) is 0 Å². The Bertz CT molecular complexity index is 230. The minimum absolute atomic E-state index is 0.561. The molecule has 0 aliphatic heterocycles. The first-order valence-corrected chi connectivity index (χ1v) is 4.16. The van der Waals surface area contributed by atoms with Crippen LogP contribution in [-0.4, -0.2) is 24.0 Å².